The lowest BCUT2D eigenvalue weighted by molar-refractivity contribution is 0.110. The minimum Gasteiger partial charge on any atom is -0.299 e. The van der Waals surface area contributed by atoms with Crippen molar-refractivity contribution in [3.63, 3.8) is 0 Å². The number of nitrogens with zero attached hydrogens (tertiary/aromatic N) is 5. The zero-order chi connectivity index (χ0) is 15.5. The molecule has 0 unspecified atom stereocenters. The molecule has 0 saturated carbocycles. The molecule has 2 saturated heterocycles. The van der Waals surface area contributed by atoms with Gasteiger partial charge in [-0.15, -0.1) is 11.3 Å². The molecule has 0 bridgehead atoms. The van der Waals surface area contributed by atoms with Crippen molar-refractivity contribution in [3.05, 3.63) is 29.5 Å². The third-order valence-electron chi connectivity index (χ3n) is 4.83. The Kier molecular flexibility index (Phi) is 4.64. The Labute approximate surface area is 141 Å². The van der Waals surface area contributed by atoms with Crippen LogP contribution in [0.5, 0.6) is 0 Å². The van der Waals surface area contributed by atoms with Crippen LogP contribution in [0.15, 0.2) is 23.8 Å². The fourth-order valence-corrected chi connectivity index (χ4v) is 4.46. The maximum absolute atomic E-state index is 4.74. The third-order valence-corrected chi connectivity index (χ3v) is 5.72. The van der Waals surface area contributed by atoms with Crippen molar-refractivity contribution in [1.82, 2.24) is 24.8 Å². The van der Waals surface area contributed by atoms with Crippen molar-refractivity contribution >= 4 is 11.3 Å². The van der Waals surface area contributed by atoms with Crippen LogP contribution in [-0.2, 0) is 6.54 Å². The maximum Gasteiger partial charge on any atom is 0.188 e. The first-order valence-corrected chi connectivity index (χ1v) is 9.45. The van der Waals surface area contributed by atoms with Crippen LogP contribution < -0.4 is 0 Å². The van der Waals surface area contributed by atoms with E-state index >= 15 is 0 Å². The molecule has 2 aromatic rings. The number of piperidine rings is 1. The molecular formula is C17H23N5S. The SMILES string of the molecule is c1cnc(-c2nc(CN3CCC[C@H](N4CCCC4)C3)cs2)nc1. The van der Waals surface area contributed by atoms with Gasteiger partial charge >= 0.3 is 0 Å². The topological polar surface area (TPSA) is 45.2 Å². The summed E-state index contributed by atoms with van der Waals surface area (Å²) in [4.78, 5) is 18.6. The van der Waals surface area contributed by atoms with Gasteiger partial charge in [0.25, 0.3) is 0 Å². The first-order chi connectivity index (χ1) is 11.4. The fourth-order valence-electron chi connectivity index (χ4n) is 3.70. The standard InChI is InChI=1S/C17H23N5S/c1-2-10-22(9-1)15-5-3-8-21(12-15)11-14-13-23-17(20-14)16-18-6-4-7-19-16/h4,6-7,13,15H,1-3,5,8-12H2/t15-/m0/s1. The number of likely N-dealkylation sites (tertiary alicyclic amines) is 2. The monoisotopic (exact) mass is 329 g/mol. The second-order valence-corrected chi connectivity index (χ2v) is 7.35. The Hall–Kier alpha value is -1.37. The van der Waals surface area contributed by atoms with Gasteiger partial charge < -0.3 is 0 Å². The summed E-state index contributed by atoms with van der Waals surface area (Å²) in [5.74, 6) is 0.734. The van der Waals surface area contributed by atoms with E-state index < -0.39 is 0 Å². The normalized spacial score (nSPS) is 23.4. The molecule has 0 aromatic carbocycles. The van der Waals surface area contributed by atoms with Crippen LogP contribution in [0, 0.1) is 0 Å². The molecule has 2 aromatic heterocycles. The van der Waals surface area contributed by atoms with Gasteiger partial charge in [0.05, 0.1) is 5.69 Å². The molecule has 2 fully saturated rings. The highest BCUT2D eigenvalue weighted by Crippen LogP contribution is 2.24. The molecule has 2 aliphatic heterocycles. The second kappa shape index (κ2) is 7.03. The van der Waals surface area contributed by atoms with Crippen molar-refractivity contribution in [2.45, 2.75) is 38.3 Å². The van der Waals surface area contributed by atoms with E-state index in [4.69, 9.17) is 4.98 Å². The Morgan fingerprint density at radius 3 is 2.74 bits per heavy atom. The van der Waals surface area contributed by atoms with E-state index in [2.05, 4.69) is 25.1 Å². The molecule has 5 nitrogen and oxygen atoms in total. The highest BCUT2D eigenvalue weighted by molar-refractivity contribution is 7.13. The van der Waals surface area contributed by atoms with Crippen molar-refractivity contribution in [1.29, 1.82) is 0 Å². The smallest absolute Gasteiger partial charge is 0.188 e. The molecule has 4 heterocycles. The predicted molar refractivity (Wildman–Crippen MR) is 92.2 cm³/mol. The van der Waals surface area contributed by atoms with Gasteiger partial charge in [0.15, 0.2) is 10.8 Å². The van der Waals surface area contributed by atoms with E-state index in [-0.39, 0.29) is 0 Å². The Morgan fingerprint density at radius 1 is 1.09 bits per heavy atom. The van der Waals surface area contributed by atoms with Crippen LogP contribution in [0.4, 0.5) is 0 Å². The molecule has 6 heteroatoms. The molecule has 0 radical (unpaired) electrons. The zero-order valence-electron chi connectivity index (χ0n) is 13.4. The van der Waals surface area contributed by atoms with E-state index in [1.807, 2.05) is 6.07 Å². The highest BCUT2D eigenvalue weighted by Gasteiger charge is 2.27. The van der Waals surface area contributed by atoms with Crippen LogP contribution >= 0.6 is 11.3 Å². The molecule has 4 rings (SSSR count). The van der Waals surface area contributed by atoms with Gasteiger partial charge in [-0.3, -0.25) is 9.80 Å². The first kappa shape index (κ1) is 15.2. The predicted octanol–water partition coefficient (Wildman–Crippen LogP) is 2.66. The molecule has 23 heavy (non-hydrogen) atoms. The highest BCUT2D eigenvalue weighted by atomic mass is 32.1. The van der Waals surface area contributed by atoms with E-state index in [1.54, 1.807) is 23.7 Å². The van der Waals surface area contributed by atoms with Crippen molar-refractivity contribution in [2.24, 2.45) is 0 Å². The van der Waals surface area contributed by atoms with Gasteiger partial charge in [-0.25, -0.2) is 15.0 Å². The van der Waals surface area contributed by atoms with Gasteiger partial charge in [-0.2, -0.15) is 0 Å². The molecule has 2 aliphatic rings. The molecule has 0 spiro atoms. The minimum absolute atomic E-state index is 0.734. The largest absolute Gasteiger partial charge is 0.299 e. The average molecular weight is 329 g/mol. The van der Waals surface area contributed by atoms with Crippen LogP contribution in [0.3, 0.4) is 0 Å². The number of hydrogen-bond acceptors (Lipinski definition) is 6. The van der Waals surface area contributed by atoms with Gasteiger partial charge in [0.1, 0.15) is 0 Å². The number of thiazole rings is 1. The summed E-state index contributed by atoms with van der Waals surface area (Å²) < 4.78 is 0. The quantitative estimate of drug-likeness (QED) is 0.863. The molecule has 122 valence electrons. The maximum atomic E-state index is 4.74. The van der Waals surface area contributed by atoms with Gasteiger partial charge in [-0.05, 0) is 51.4 Å². The van der Waals surface area contributed by atoms with Gasteiger partial charge in [0, 0.05) is 36.9 Å². The second-order valence-electron chi connectivity index (χ2n) is 6.49. The van der Waals surface area contributed by atoms with Crippen molar-refractivity contribution in [3.8, 4) is 10.8 Å². The number of rotatable bonds is 4. The van der Waals surface area contributed by atoms with E-state index in [0.29, 0.717) is 0 Å². The Balaban J connectivity index is 1.39. The lowest BCUT2D eigenvalue weighted by Gasteiger charge is -2.37. The molecule has 1 atom stereocenters. The van der Waals surface area contributed by atoms with Gasteiger partial charge in [0.2, 0.25) is 0 Å². The van der Waals surface area contributed by atoms with E-state index in [1.165, 1.54) is 51.9 Å². The average Bonchev–Trinajstić information content (AvgIpc) is 3.28. The fraction of sp³-hybridized carbons (Fsp3) is 0.588. The van der Waals surface area contributed by atoms with Crippen LogP contribution in [0.25, 0.3) is 10.8 Å². The summed E-state index contributed by atoms with van der Waals surface area (Å²) >= 11 is 1.64. The van der Waals surface area contributed by atoms with Crippen molar-refractivity contribution < 1.29 is 0 Å². The lowest BCUT2D eigenvalue weighted by atomic mass is 10.0. The van der Waals surface area contributed by atoms with E-state index in [9.17, 15) is 0 Å². The molecule has 0 aliphatic carbocycles. The Morgan fingerprint density at radius 2 is 1.91 bits per heavy atom. The summed E-state index contributed by atoms with van der Waals surface area (Å²) in [6.45, 7) is 5.93. The minimum atomic E-state index is 0.734. The zero-order valence-corrected chi connectivity index (χ0v) is 14.2. The van der Waals surface area contributed by atoms with Crippen LogP contribution in [0.2, 0.25) is 0 Å². The van der Waals surface area contributed by atoms with E-state index in [0.717, 1.165) is 29.1 Å². The van der Waals surface area contributed by atoms with Crippen molar-refractivity contribution in [2.75, 3.05) is 26.2 Å². The summed E-state index contributed by atoms with van der Waals surface area (Å²) in [6.07, 6.45) is 8.96. The van der Waals surface area contributed by atoms with Crippen LogP contribution in [-0.4, -0.2) is 57.0 Å². The summed E-state index contributed by atoms with van der Waals surface area (Å²) in [6, 6.07) is 2.59. The molecule has 0 N–H and O–H groups in total. The molecular weight excluding hydrogens is 306 g/mol. The third kappa shape index (κ3) is 3.59. The molecule has 0 amide bonds. The first-order valence-electron chi connectivity index (χ1n) is 8.57. The number of aromatic nitrogens is 3. The van der Waals surface area contributed by atoms with Crippen LogP contribution in [0.1, 0.15) is 31.4 Å². The Bertz CT molecular complexity index is 623. The summed E-state index contributed by atoms with van der Waals surface area (Å²) in [5.41, 5.74) is 1.15. The summed E-state index contributed by atoms with van der Waals surface area (Å²) in [5, 5.41) is 3.08. The summed E-state index contributed by atoms with van der Waals surface area (Å²) in [7, 11) is 0. The van der Waals surface area contributed by atoms with Gasteiger partial charge in [-0.1, -0.05) is 0 Å². The lowest BCUT2D eigenvalue weighted by Crippen LogP contribution is -2.46. The number of hydrogen-bond donors (Lipinski definition) is 0.